The van der Waals surface area contributed by atoms with Crippen molar-refractivity contribution >= 4 is 10.8 Å². The average molecular weight is 310 g/mol. The second kappa shape index (κ2) is 6.50. The Labute approximate surface area is 138 Å². The molecule has 1 aliphatic carbocycles. The van der Waals surface area contributed by atoms with E-state index < -0.39 is 0 Å². The van der Waals surface area contributed by atoms with E-state index in [9.17, 15) is 0 Å². The van der Waals surface area contributed by atoms with Crippen LogP contribution in [0.2, 0.25) is 0 Å². The molecule has 23 heavy (non-hydrogen) atoms. The third-order valence-corrected chi connectivity index (χ3v) is 5.60. The first-order valence-corrected chi connectivity index (χ1v) is 8.89. The molecule has 2 fully saturated rings. The zero-order valence-electron chi connectivity index (χ0n) is 13.9. The van der Waals surface area contributed by atoms with Crippen LogP contribution >= 0.6 is 0 Å². The van der Waals surface area contributed by atoms with Crippen LogP contribution < -0.4 is 10.1 Å². The van der Waals surface area contributed by atoms with E-state index in [2.05, 4.69) is 46.6 Å². The molecule has 1 saturated heterocycles. The van der Waals surface area contributed by atoms with E-state index in [0.717, 1.165) is 37.8 Å². The number of nitrogens with one attached hydrogen (secondary N) is 1. The summed E-state index contributed by atoms with van der Waals surface area (Å²) >= 11 is 0. The van der Waals surface area contributed by atoms with Gasteiger partial charge >= 0.3 is 0 Å². The van der Waals surface area contributed by atoms with Crippen LogP contribution in [0.25, 0.3) is 10.8 Å². The fourth-order valence-corrected chi connectivity index (χ4v) is 4.20. The number of methoxy groups -OCH3 is 1. The molecule has 0 spiro atoms. The SMILES string of the molecule is COc1ccc([C@@H](C2CCC2)N2CCNCC2)c2ccccc12. The monoisotopic (exact) mass is 310 g/mol. The largest absolute Gasteiger partial charge is 0.496 e. The fraction of sp³-hybridized carbons (Fsp3) is 0.500. The maximum absolute atomic E-state index is 5.58. The minimum atomic E-state index is 0.557. The van der Waals surface area contributed by atoms with Crippen molar-refractivity contribution in [2.75, 3.05) is 33.3 Å². The number of hydrogen-bond acceptors (Lipinski definition) is 3. The summed E-state index contributed by atoms with van der Waals surface area (Å²) in [6, 6.07) is 13.7. The van der Waals surface area contributed by atoms with Gasteiger partial charge in [0.2, 0.25) is 0 Å². The van der Waals surface area contributed by atoms with Crippen molar-refractivity contribution < 1.29 is 4.74 Å². The molecule has 0 aromatic heterocycles. The van der Waals surface area contributed by atoms with Gasteiger partial charge in [-0.1, -0.05) is 36.8 Å². The lowest BCUT2D eigenvalue weighted by Crippen LogP contribution is -2.47. The minimum Gasteiger partial charge on any atom is -0.496 e. The topological polar surface area (TPSA) is 24.5 Å². The predicted molar refractivity (Wildman–Crippen MR) is 95.0 cm³/mol. The van der Waals surface area contributed by atoms with Gasteiger partial charge < -0.3 is 10.1 Å². The summed E-state index contributed by atoms with van der Waals surface area (Å²) in [6.45, 7) is 4.53. The van der Waals surface area contributed by atoms with Crippen molar-refractivity contribution in [2.45, 2.75) is 25.3 Å². The number of piperazine rings is 1. The van der Waals surface area contributed by atoms with Gasteiger partial charge in [-0.25, -0.2) is 0 Å². The first-order valence-electron chi connectivity index (χ1n) is 8.89. The Morgan fingerprint density at radius 2 is 1.78 bits per heavy atom. The Morgan fingerprint density at radius 3 is 2.43 bits per heavy atom. The molecule has 2 aliphatic rings. The Kier molecular flexibility index (Phi) is 4.23. The molecule has 1 saturated carbocycles. The summed E-state index contributed by atoms with van der Waals surface area (Å²) in [6.07, 6.45) is 4.13. The van der Waals surface area contributed by atoms with Crippen LogP contribution in [0.1, 0.15) is 30.9 Å². The fourth-order valence-electron chi connectivity index (χ4n) is 4.20. The number of ether oxygens (including phenoxy) is 1. The quantitative estimate of drug-likeness (QED) is 0.934. The van der Waals surface area contributed by atoms with Crippen LogP contribution in [0, 0.1) is 5.92 Å². The van der Waals surface area contributed by atoms with E-state index in [4.69, 9.17) is 4.74 Å². The van der Waals surface area contributed by atoms with Crippen molar-refractivity contribution in [3.8, 4) is 5.75 Å². The molecule has 122 valence electrons. The number of benzene rings is 2. The molecular formula is C20H26N2O. The van der Waals surface area contributed by atoms with Crippen molar-refractivity contribution in [3.05, 3.63) is 42.0 Å². The molecule has 0 bridgehead atoms. The standard InChI is InChI=1S/C20H26N2O/c1-23-19-10-9-18(16-7-2-3-8-17(16)19)20(15-5-4-6-15)22-13-11-21-12-14-22/h2-3,7-10,15,20-21H,4-6,11-14H2,1H3/t20-/m1/s1. The zero-order valence-corrected chi connectivity index (χ0v) is 13.9. The van der Waals surface area contributed by atoms with E-state index in [1.54, 1.807) is 7.11 Å². The molecule has 1 heterocycles. The van der Waals surface area contributed by atoms with Crippen LogP contribution in [0.4, 0.5) is 0 Å². The van der Waals surface area contributed by atoms with E-state index in [1.807, 2.05) is 0 Å². The third kappa shape index (κ3) is 2.73. The summed E-state index contributed by atoms with van der Waals surface area (Å²) < 4.78 is 5.58. The molecule has 1 aliphatic heterocycles. The van der Waals surface area contributed by atoms with Gasteiger partial charge in [-0.2, -0.15) is 0 Å². The zero-order chi connectivity index (χ0) is 15.6. The molecule has 3 heteroatoms. The van der Waals surface area contributed by atoms with E-state index in [0.29, 0.717) is 6.04 Å². The summed E-state index contributed by atoms with van der Waals surface area (Å²) in [4.78, 5) is 2.70. The van der Waals surface area contributed by atoms with Gasteiger partial charge in [0.25, 0.3) is 0 Å². The lowest BCUT2D eigenvalue weighted by atomic mass is 9.75. The first kappa shape index (κ1) is 15.0. The van der Waals surface area contributed by atoms with Crippen molar-refractivity contribution in [2.24, 2.45) is 5.92 Å². The van der Waals surface area contributed by atoms with Crippen molar-refractivity contribution in [1.82, 2.24) is 10.2 Å². The van der Waals surface area contributed by atoms with Crippen LogP contribution in [0.15, 0.2) is 36.4 Å². The lowest BCUT2D eigenvalue weighted by Gasteiger charge is -2.43. The van der Waals surface area contributed by atoms with Crippen LogP contribution in [0.5, 0.6) is 5.75 Å². The second-order valence-corrected chi connectivity index (χ2v) is 6.82. The van der Waals surface area contributed by atoms with Crippen LogP contribution in [0.3, 0.4) is 0 Å². The first-order chi connectivity index (χ1) is 11.4. The van der Waals surface area contributed by atoms with Gasteiger partial charge in [-0.3, -0.25) is 4.90 Å². The molecular weight excluding hydrogens is 284 g/mol. The van der Waals surface area contributed by atoms with Gasteiger partial charge in [0, 0.05) is 37.6 Å². The Balaban J connectivity index is 1.80. The summed E-state index contributed by atoms with van der Waals surface area (Å²) in [5, 5.41) is 6.10. The average Bonchev–Trinajstić information content (AvgIpc) is 2.58. The molecule has 0 amide bonds. The number of fused-ring (bicyclic) bond motifs is 1. The maximum Gasteiger partial charge on any atom is 0.126 e. The highest BCUT2D eigenvalue weighted by atomic mass is 16.5. The summed E-state index contributed by atoms with van der Waals surface area (Å²) in [5.74, 6) is 1.79. The molecule has 1 N–H and O–H groups in total. The molecule has 2 aromatic rings. The van der Waals surface area contributed by atoms with E-state index in [-0.39, 0.29) is 0 Å². The van der Waals surface area contributed by atoms with Crippen LogP contribution in [-0.2, 0) is 0 Å². The van der Waals surface area contributed by atoms with Crippen LogP contribution in [-0.4, -0.2) is 38.2 Å². The van der Waals surface area contributed by atoms with Crippen molar-refractivity contribution in [3.63, 3.8) is 0 Å². The number of nitrogens with zero attached hydrogens (tertiary/aromatic N) is 1. The van der Waals surface area contributed by atoms with Gasteiger partial charge in [-0.15, -0.1) is 0 Å². The molecule has 1 atom stereocenters. The highest BCUT2D eigenvalue weighted by Crippen LogP contribution is 2.44. The lowest BCUT2D eigenvalue weighted by molar-refractivity contribution is 0.0846. The normalized spacial score (nSPS) is 21.1. The van der Waals surface area contributed by atoms with Gasteiger partial charge in [-0.05, 0) is 35.8 Å². The third-order valence-electron chi connectivity index (χ3n) is 5.60. The second-order valence-electron chi connectivity index (χ2n) is 6.82. The summed E-state index contributed by atoms with van der Waals surface area (Å²) in [5.41, 5.74) is 1.49. The molecule has 0 unspecified atom stereocenters. The summed E-state index contributed by atoms with van der Waals surface area (Å²) in [7, 11) is 1.77. The van der Waals surface area contributed by atoms with E-state index in [1.165, 1.54) is 35.6 Å². The van der Waals surface area contributed by atoms with Crippen molar-refractivity contribution in [1.29, 1.82) is 0 Å². The number of rotatable bonds is 4. The Bertz CT molecular complexity index is 674. The highest BCUT2D eigenvalue weighted by Gasteiger charge is 2.34. The highest BCUT2D eigenvalue weighted by molar-refractivity contribution is 5.91. The molecule has 3 nitrogen and oxygen atoms in total. The molecule has 4 rings (SSSR count). The smallest absolute Gasteiger partial charge is 0.126 e. The van der Waals surface area contributed by atoms with Gasteiger partial charge in [0.05, 0.1) is 7.11 Å². The number of hydrogen-bond donors (Lipinski definition) is 1. The van der Waals surface area contributed by atoms with Gasteiger partial charge in [0.15, 0.2) is 0 Å². The maximum atomic E-state index is 5.58. The van der Waals surface area contributed by atoms with Gasteiger partial charge in [0.1, 0.15) is 5.75 Å². The minimum absolute atomic E-state index is 0.557. The predicted octanol–water partition coefficient (Wildman–Crippen LogP) is 3.59. The molecule has 0 radical (unpaired) electrons. The molecule has 2 aromatic carbocycles. The Morgan fingerprint density at radius 1 is 1.04 bits per heavy atom. The Hall–Kier alpha value is -1.58. The van der Waals surface area contributed by atoms with E-state index >= 15 is 0 Å².